The summed E-state index contributed by atoms with van der Waals surface area (Å²) in [6.45, 7) is 3.58. The van der Waals surface area contributed by atoms with Crippen LogP contribution in [0.3, 0.4) is 0 Å². The lowest BCUT2D eigenvalue weighted by molar-refractivity contribution is -0.147. The molecule has 0 aromatic heterocycles. The Balaban J connectivity index is 4.26. The smallest absolute Gasteiger partial charge is 0.401 e. The number of ether oxygens (including phenoxy) is 1. The van der Waals surface area contributed by atoms with E-state index >= 15 is 0 Å². The largest absolute Gasteiger partial charge is 0.468 e. The minimum atomic E-state index is -4.21. The Morgan fingerprint density at radius 2 is 2.00 bits per heavy atom. The molecule has 1 N–H and O–H groups in total. The highest BCUT2D eigenvalue weighted by atomic mass is 19.4. The zero-order valence-corrected chi connectivity index (χ0v) is 11.0. The van der Waals surface area contributed by atoms with E-state index in [4.69, 9.17) is 0 Å². The number of nitrogens with one attached hydrogen (secondary N) is 1. The first-order valence-corrected chi connectivity index (χ1v) is 5.94. The lowest BCUT2D eigenvalue weighted by Gasteiger charge is -2.24. The number of esters is 1. The maximum atomic E-state index is 12.2. The zero-order valence-electron chi connectivity index (χ0n) is 11.0. The second-order valence-electron chi connectivity index (χ2n) is 3.91. The van der Waals surface area contributed by atoms with Gasteiger partial charge >= 0.3 is 12.1 Å². The van der Waals surface area contributed by atoms with Crippen molar-refractivity contribution in [3.63, 3.8) is 0 Å². The zero-order chi connectivity index (χ0) is 14.2. The molecule has 0 saturated heterocycles. The normalized spacial score (nSPS) is 13.7. The van der Waals surface area contributed by atoms with Gasteiger partial charge < -0.3 is 10.1 Å². The van der Waals surface area contributed by atoms with Gasteiger partial charge in [-0.15, -0.1) is 0 Å². The molecule has 0 aromatic carbocycles. The molecule has 0 rings (SSSR count). The van der Waals surface area contributed by atoms with Crippen molar-refractivity contribution in [2.24, 2.45) is 0 Å². The van der Waals surface area contributed by atoms with E-state index in [9.17, 15) is 18.0 Å². The third-order valence-corrected chi connectivity index (χ3v) is 2.52. The third kappa shape index (κ3) is 7.50. The molecule has 0 heterocycles. The van der Waals surface area contributed by atoms with Gasteiger partial charge in [0.25, 0.3) is 0 Å². The van der Waals surface area contributed by atoms with Crippen molar-refractivity contribution in [1.29, 1.82) is 0 Å². The molecule has 18 heavy (non-hydrogen) atoms. The molecular formula is C11H21F3N2O2. The summed E-state index contributed by atoms with van der Waals surface area (Å²) in [5, 5.41) is 2.89. The molecule has 0 fully saturated rings. The minimum absolute atomic E-state index is 0.197. The molecule has 0 amide bonds. The molecule has 0 aliphatic heterocycles. The van der Waals surface area contributed by atoms with Crippen LogP contribution in [0.25, 0.3) is 0 Å². The van der Waals surface area contributed by atoms with Crippen LogP contribution < -0.4 is 5.32 Å². The number of nitrogens with zero attached hydrogens (tertiary/aromatic N) is 1. The fourth-order valence-electron chi connectivity index (χ4n) is 1.61. The summed E-state index contributed by atoms with van der Waals surface area (Å²) in [6.07, 6.45) is -3.92. The van der Waals surface area contributed by atoms with E-state index in [0.717, 1.165) is 0 Å². The quantitative estimate of drug-likeness (QED) is 0.677. The molecule has 7 heteroatoms. The second kappa shape index (κ2) is 8.31. The number of likely N-dealkylation sites (N-methyl/N-ethyl adjacent to an activating group) is 1. The number of hydrogen-bond acceptors (Lipinski definition) is 4. The van der Waals surface area contributed by atoms with Crippen molar-refractivity contribution in [3.8, 4) is 0 Å². The summed E-state index contributed by atoms with van der Waals surface area (Å²) in [7, 11) is 1.26. The van der Waals surface area contributed by atoms with Gasteiger partial charge in [-0.25, -0.2) is 0 Å². The van der Waals surface area contributed by atoms with Crippen molar-refractivity contribution in [3.05, 3.63) is 0 Å². The van der Waals surface area contributed by atoms with Crippen molar-refractivity contribution < 1.29 is 22.7 Å². The van der Waals surface area contributed by atoms with Gasteiger partial charge in [0.1, 0.15) is 6.04 Å². The van der Waals surface area contributed by atoms with E-state index in [0.29, 0.717) is 19.5 Å². The van der Waals surface area contributed by atoms with Gasteiger partial charge in [-0.1, -0.05) is 13.8 Å². The fourth-order valence-corrected chi connectivity index (χ4v) is 1.61. The third-order valence-electron chi connectivity index (χ3n) is 2.52. The van der Waals surface area contributed by atoms with E-state index in [1.807, 2.05) is 6.92 Å². The average molecular weight is 270 g/mol. The molecule has 1 unspecified atom stereocenters. The highest BCUT2D eigenvalue weighted by Crippen LogP contribution is 2.16. The van der Waals surface area contributed by atoms with Crippen LogP contribution in [-0.4, -0.2) is 56.4 Å². The van der Waals surface area contributed by atoms with Crippen LogP contribution in [0.1, 0.15) is 20.3 Å². The Bertz CT molecular complexity index is 247. The molecule has 0 aliphatic rings. The van der Waals surface area contributed by atoms with E-state index in [2.05, 4.69) is 10.1 Å². The Morgan fingerprint density at radius 3 is 2.39 bits per heavy atom. The monoisotopic (exact) mass is 270 g/mol. The van der Waals surface area contributed by atoms with Crippen LogP contribution in [0.5, 0.6) is 0 Å². The maximum absolute atomic E-state index is 12.2. The number of alkyl halides is 3. The van der Waals surface area contributed by atoms with Crippen molar-refractivity contribution >= 4 is 5.97 Å². The van der Waals surface area contributed by atoms with Crippen molar-refractivity contribution in [2.75, 3.05) is 33.3 Å². The van der Waals surface area contributed by atoms with Crippen LogP contribution in [-0.2, 0) is 9.53 Å². The van der Waals surface area contributed by atoms with Crippen LogP contribution >= 0.6 is 0 Å². The summed E-state index contributed by atoms with van der Waals surface area (Å²) in [4.78, 5) is 12.6. The highest BCUT2D eigenvalue weighted by molar-refractivity contribution is 5.75. The van der Waals surface area contributed by atoms with Gasteiger partial charge in [0.15, 0.2) is 0 Å². The van der Waals surface area contributed by atoms with Gasteiger partial charge in [-0.2, -0.15) is 13.2 Å². The second-order valence-corrected chi connectivity index (χ2v) is 3.91. The summed E-state index contributed by atoms with van der Waals surface area (Å²) in [5.74, 6) is -0.445. The number of rotatable bonds is 8. The lowest BCUT2D eigenvalue weighted by Crippen LogP contribution is -2.42. The van der Waals surface area contributed by atoms with Crippen LogP contribution in [0, 0.1) is 0 Å². The number of carbonyl (C=O) groups excluding carboxylic acids is 1. The minimum Gasteiger partial charge on any atom is -0.468 e. The highest BCUT2D eigenvalue weighted by Gasteiger charge is 2.30. The molecular weight excluding hydrogens is 249 g/mol. The average Bonchev–Trinajstić information content (AvgIpc) is 2.30. The first-order valence-electron chi connectivity index (χ1n) is 5.94. The molecule has 0 saturated carbocycles. The molecule has 0 spiro atoms. The van der Waals surface area contributed by atoms with Gasteiger partial charge in [0.05, 0.1) is 13.7 Å². The first-order chi connectivity index (χ1) is 8.34. The van der Waals surface area contributed by atoms with E-state index < -0.39 is 24.7 Å². The van der Waals surface area contributed by atoms with Crippen LogP contribution in [0.2, 0.25) is 0 Å². The Morgan fingerprint density at radius 1 is 1.39 bits per heavy atom. The van der Waals surface area contributed by atoms with Gasteiger partial charge in [0.2, 0.25) is 0 Å². The predicted molar refractivity (Wildman–Crippen MR) is 62.3 cm³/mol. The first kappa shape index (κ1) is 17.2. The molecule has 1 atom stereocenters. The molecule has 0 radical (unpaired) electrons. The lowest BCUT2D eigenvalue weighted by atomic mass is 10.2. The Labute approximate surface area is 105 Å². The fraction of sp³-hybridized carbons (Fsp3) is 0.909. The maximum Gasteiger partial charge on any atom is 0.401 e. The molecule has 0 bridgehead atoms. The van der Waals surface area contributed by atoms with E-state index in [1.165, 1.54) is 12.0 Å². The van der Waals surface area contributed by atoms with Gasteiger partial charge in [-0.05, 0) is 19.5 Å². The Hall–Kier alpha value is -0.820. The summed E-state index contributed by atoms with van der Waals surface area (Å²) in [6, 6.07) is -0.553. The van der Waals surface area contributed by atoms with E-state index in [1.54, 1.807) is 6.92 Å². The summed E-state index contributed by atoms with van der Waals surface area (Å²) >= 11 is 0. The van der Waals surface area contributed by atoms with E-state index in [-0.39, 0.29) is 6.54 Å². The number of methoxy groups -OCH3 is 1. The van der Waals surface area contributed by atoms with Crippen LogP contribution in [0.4, 0.5) is 13.2 Å². The van der Waals surface area contributed by atoms with Crippen molar-refractivity contribution in [1.82, 2.24) is 10.2 Å². The number of hydrogen-bond donors (Lipinski definition) is 1. The summed E-state index contributed by atoms with van der Waals surface area (Å²) in [5.41, 5.74) is 0. The molecule has 4 nitrogen and oxygen atoms in total. The van der Waals surface area contributed by atoms with Gasteiger partial charge in [0, 0.05) is 6.54 Å². The van der Waals surface area contributed by atoms with Gasteiger partial charge in [-0.3, -0.25) is 9.69 Å². The predicted octanol–water partition coefficient (Wildman–Crippen LogP) is 1.41. The number of carbonyl (C=O) groups is 1. The number of halogens is 3. The summed E-state index contributed by atoms with van der Waals surface area (Å²) < 4.78 is 41.3. The van der Waals surface area contributed by atoms with Crippen LogP contribution in [0.15, 0.2) is 0 Å². The SMILES string of the molecule is CCNC(CCN(CC)CC(F)(F)F)C(=O)OC. The molecule has 108 valence electrons. The topological polar surface area (TPSA) is 41.6 Å². The molecule has 0 aromatic rings. The standard InChI is InChI=1S/C11H21F3N2O2/c1-4-15-9(10(17)18-3)6-7-16(5-2)8-11(12,13)14/h9,15H,4-8H2,1-3H3. The Kier molecular flexibility index (Phi) is 7.93. The van der Waals surface area contributed by atoms with Crippen molar-refractivity contribution in [2.45, 2.75) is 32.5 Å². The molecule has 0 aliphatic carbocycles.